The molecule has 0 heterocycles. The van der Waals surface area contributed by atoms with Crippen LogP contribution in [0, 0.1) is 0 Å². The van der Waals surface area contributed by atoms with Crippen LogP contribution < -0.4 is 11.2 Å². The third-order valence-corrected chi connectivity index (χ3v) is 2.16. The molecule has 0 fully saturated rings. The zero-order chi connectivity index (χ0) is 13.2. The highest BCUT2D eigenvalue weighted by Gasteiger charge is 2.34. The highest BCUT2D eigenvalue weighted by molar-refractivity contribution is 7.80. The van der Waals surface area contributed by atoms with Gasteiger partial charge in [0.25, 0.3) is 0 Å². The van der Waals surface area contributed by atoms with Crippen molar-refractivity contribution in [3.05, 3.63) is 29.3 Å². The molecule has 0 saturated heterocycles. The van der Waals surface area contributed by atoms with E-state index in [1.807, 2.05) is 0 Å². The van der Waals surface area contributed by atoms with Gasteiger partial charge in [0, 0.05) is 25.3 Å². The average Bonchev–Trinajstić information content (AvgIpc) is 2.14. The molecule has 0 atom stereocenters. The van der Waals surface area contributed by atoms with Crippen LogP contribution in [0.1, 0.15) is 11.1 Å². The van der Waals surface area contributed by atoms with E-state index in [2.05, 4.69) is 17.6 Å². The van der Waals surface area contributed by atoms with Crippen LogP contribution >= 0.6 is 12.2 Å². The molecule has 0 amide bonds. The zero-order valence-electron chi connectivity index (χ0n) is 9.30. The summed E-state index contributed by atoms with van der Waals surface area (Å²) in [4.78, 5) is -0.278. The summed E-state index contributed by atoms with van der Waals surface area (Å²) in [5, 5.41) is 1.60. The topological polar surface area (TPSA) is 41.3 Å². The van der Waals surface area contributed by atoms with E-state index in [9.17, 15) is 13.2 Å². The standard InChI is InChI=1S/C10H12F3N3S/c1-16(2)15-6-3-4-8(10(11,12)13)7(5-6)9(14)17/h3-5,15H,1-2H3,(H2,14,17). The van der Waals surface area contributed by atoms with Crippen molar-refractivity contribution in [2.75, 3.05) is 19.5 Å². The van der Waals surface area contributed by atoms with E-state index in [0.717, 1.165) is 6.07 Å². The summed E-state index contributed by atoms with van der Waals surface area (Å²) >= 11 is 4.63. The van der Waals surface area contributed by atoms with Crippen molar-refractivity contribution in [2.24, 2.45) is 5.73 Å². The number of alkyl halides is 3. The normalized spacial score (nSPS) is 11.6. The van der Waals surface area contributed by atoms with Gasteiger partial charge in [0.15, 0.2) is 0 Å². The highest BCUT2D eigenvalue weighted by atomic mass is 32.1. The van der Waals surface area contributed by atoms with Crippen molar-refractivity contribution in [3.8, 4) is 0 Å². The maximum Gasteiger partial charge on any atom is 0.417 e. The molecule has 3 N–H and O–H groups in total. The van der Waals surface area contributed by atoms with Crippen molar-refractivity contribution < 1.29 is 13.2 Å². The van der Waals surface area contributed by atoms with Crippen molar-refractivity contribution in [1.29, 1.82) is 0 Å². The van der Waals surface area contributed by atoms with Gasteiger partial charge < -0.3 is 11.2 Å². The van der Waals surface area contributed by atoms with Gasteiger partial charge in [-0.25, -0.2) is 5.01 Å². The van der Waals surface area contributed by atoms with Gasteiger partial charge in [0.1, 0.15) is 4.99 Å². The maximum atomic E-state index is 12.7. The Bertz CT molecular complexity index is 429. The predicted molar refractivity (Wildman–Crippen MR) is 64.6 cm³/mol. The Balaban J connectivity index is 3.23. The minimum atomic E-state index is -4.46. The summed E-state index contributed by atoms with van der Waals surface area (Å²) in [5.74, 6) is 0. The van der Waals surface area contributed by atoms with Crippen LogP contribution in [0.5, 0.6) is 0 Å². The second kappa shape index (κ2) is 4.89. The molecule has 1 rings (SSSR count). The number of halogens is 3. The molecule has 0 aliphatic rings. The van der Waals surface area contributed by atoms with Crippen LogP contribution in [-0.4, -0.2) is 24.1 Å². The lowest BCUT2D eigenvalue weighted by Crippen LogP contribution is -2.22. The highest BCUT2D eigenvalue weighted by Crippen LogP contribution is 2.33. The fourth-order valence-electron chi connectivity index (χ4n) is 1.32. The van der Waals surface area contributed by atoms with E-state index in [0.29, 0.717) is 5.69 Å². The number of hydrazine groups is 1. The maximum absolute atomic E-state index is 12.7. The molecular weight excluding hydrogens is 251 g/mol. The molecule has 0 aliphatic carbocycles. The molecular formula is C10H12F3N3S. The lowest BCUT2D eigenvalue weighted by atomic mass is 10.1. The van der Waals surface area contributed by atoms with Gasteiger partial charge in [-0.05, 0) is 18.2 Å². The molecule has 17 heavy (non-hydrogen) atoms. The Morgan fingerprint density at radius 3 is 2.35 bits per heavy atom. The number of hydrogen-bond donors (Lipinski definition) is 2. The van der Waals surface area contributed by atoms with Gasteiger partial charge in [0.2, 0.25) is 0 Å². The fraction of sp³-hybridized carbons (Fsp3) is 0.300. The summed E-state index contributed by atoms with van der Waals surface area (Å²) < 4.78 is 38.0. The molecule has 0 aliphatic heterocycles. The van der Waals surface area contributed by atoms with Crippen LogP contribution in [-0.2, 0) is 6.18 Å². The largest absolute Gasteiger partial charge is 0.417 e. The number of nitrogens with zero attached hydrogens (tertiary/aromatic N) is 1. The lowest BCUT2D eigenvalue weighted by molar-refractivity contribution is -0.137. The van der Waals surface area contributed by atoms with Gasteiger partial charge >= 0.3 is 6.18 Å². The summed E-state index contributed by atoms with van der Waals surface area (Å²) in [7, 11) is 3.44. The Morgan fingerprint density at radius 2 is 1.94 bits per heavy atom. The smallest absolute Gasteiger partial charge is 0.389 e. The van der Waals surface area contributed by atoms with Crippen LogP contribution in [0.4, 0.5) is 18.9 Å². The minimum absolute atomic E-state index is 0.181. The number of anilines is 1. The van der Waals surface area contributed by atoms with E-state index in [-0.39, 0.29) is 10.6 Å². The summed E-state index contributed by atoms with van der Waals surface area (Å²) in [5.41, 5.74) is 7.62. The molecule has 1 aromatic carbocycles. The van der Waals surface area contributed by atoms with Gasteiger partial charge in [0.05, 0.1) is 5.56 Å². The van der Waals surface area contributed by atoms with E-state index in [1.54, 1.807) is 19.1 Å². The van der Waals surface area contributed by atoms with E-state index in [1.165, 1.54) is 12.1 Å². The van der Waals surface area contributed by atoms with Crippen molar-refractivity contribution in [2.45, 2.75) is 6.18 Å². The Hall–Kier alpha value is -1.34. The van der Waals surface area contributed by atoms with Crippen molar-refractivity contribution >= 4 is 22.9 Å². The summed E-state index contributed by atoms with van der Waals surface area (Å²) in [6, 6.07) is 3.57. The van der Waals surface area contributed by atoms with E-state index in [4.69, 9.17) is 5.73 Å². The zero-order valence-corrected chi connectivity index (χ0v) is 10.1. The SMILES string of the molecule is CN(C)Nc1ccc(C(F)(F)F)c(C(N)=S)c1. The van der Waals surface area contributed by atoms with Crippen LogP contribution in [0.2, 0.25) is 0 Å². The molecule has 94 valence electrons. The van der Waals surface area contributed by atoms with Crippen LogP contribution in [0.15, 0.2) is 18.2 Å². The van der Waals surface area contributed by atoms with Crippen LogP contribution in [0.25, 0.3) is 0 Å². The van der Waals surface area contributed by atoms with Gasteiger partial charge in [-0.15, -0.1) is 0 Å². The molecule has 3 nitrogen and oxygen atoms in total. The minimum Gasteiger partial charge on any atom is -0.389 e. The Morgan fingerprint density at radius 1 is 1.35 bits per heavy atom. The molecule has 7 heteroatoms. The summed E-state index contributed by atoms with van der Waals surface area (Å²) in [6.07, 6.45) is -4.46. The predicted octanol–water partition coefficient (Wildman–Crippen LogP) is 2.23. The summed E-state index contributed by atoms with van der Waals surface area (Å²) in [6.45, 7) is 0. The average molecular weight is 263 g/mol. The molecule has 1 aromatic rings. The Labute approximate surface area is 102 Å². The van der Waals surface area contributed by atoms with Gasteiger partial charge in [-0.3, -0.25) is 0 Å². The second-order valence-corrected chi connectivity index (χ2v) is 4.07. The van der Waals surface area contributed by atoms with Crippen LogP contribution in [0.3, 0.4) is 0 Å². The van der Waals surface area contributed by atoms with Gasteiger partial charge in [-0.2, -0.15) is 13.2 Å². The van der Waals surface area contributed by atoms with Crippen molar-refractivity contribution in [1.82, 2.24) is 5.01 Å². The monoisotopic (exact) mass is 263 g/mol. The first-order valence-electron chi connectivity index (χ1n) is 4.67. The number of benzene rings is 1. The molecule has 0 unspecified atom stereocenters. The molecule has 0 aromatic heterocycles. The first kappa shape index (κ1) is 13.7. The van der Waals surface area contributed by atoms with E-state index < -0.39 is 11.7 Å². The van der Waals surface area contributed by atoms with Crippen molar-refractivity contribution in [3.63, 3.8) is 0 Å². The second-order valence-electron chi connectivity index (χ2n) is 3.63. The molecule has 0 saturated carbocycles. The number of rotatable bonds is 3. The third kappa shape index (κ3) is 3.57. The molecule has 0 radical (unpaired) electrons. The number of thiocarbonyl (C=S) groups is 1. The van der Waals surface area contributed by atoms with E-state index >= 15 is 0 Å². The quantitative estimate of drug-likeness (QED) is 0.648. The first-order chi connectivity index (χ1) is 7.71. The first-order valence-corrected chi connectivity index (χ1v) is 5.07. The number of hydrogen-bond acceptors (Lipinski definition) is 3. The number of nitrogens with one attached hydrogen (secondary N) is 1. The van der Waals surface area contributed by atoms with Gasteiger partial charge in [-0.1, -0.05) is 12.2 Å². The number of nitrogens with two attached hydrogens (primary N) is 1. The molecule has 0 spiro atoms. The third-order valence-electron chi connectivity index (χ3n) is 1.94. The lowest BCUT2D eigenvalue weighted by Gasteiger charge is -2.17. The Kier molecular flexibility index (Phi) is 3.94. The molecule has 0 bridgehead atoms. The fourth-order valence-corrected chi connectivity index (χ4v) is 1.49.